The van der Waals surface area contributed by atoms with E-state index in [9.17, 15) is 9.59 Å². The Hall–Kier alpha value is -2.16. The third kappa shape index (κ3) is 5.75. The van der Waals surface area contributed by atoms with Crippen molar-refractivity contribution in [3.05, 3.63) is 48.5 Å². The smallest absolute Gasteiger partial charge is 0.232 e. The van der Waals surface area contributed by atoms with Crippen LogP contribution in [0.3, 0.4) is 0 Å². The van der Waals surface area contributed by atoms with E-state index >= 15 is 0 Å². The molecule has 2 heterocycles. The lowest BCUT2D eigenvalue weighted by atomic mass is 10.2. The number of thioether (sulfide) groups is 1. The molecule has 2 amide bonds. The maximum atomic E-state index is 12.2. The molecule has 2 aliphatic rings. The van der Waals surface area contributed by atoms with Crippen molar-refractivity contribution in [1.82, 2.24) is 10.2 Å². The lowest BCUT2D eigenvalue weighted by Gasteiger charge is -2.32. The average Bonchev–Trinajstić information content (AvgIpc) is 2.81. The molecule has 0 atom stereocenters. The second-order valence-corrected chi connectivity index (χ2v) is 9.45. The summed E-state index contributed by atoms with van der Waals surface area (Å²) in [5, 5.41) is 2.99. The molecule has 1 N–H and O–H groups in total. The van der Waals surface area contributed by atoms with Gasteiger partial charge in [-0.05, 0) is 30.7 Å². The van der Waals surface area contributed by atoms with Gasteiger partial charge in [0.15, 0.2) is 0 Å². The van der Waals surface area contributed by atoms with Crippen LogP contribution in [0.5, 0.6) is 0 Å². The first kappa shape index (κ1) is 22.0. The molecule has 31 heavy (non-hydrogen) atoms. The van der Waals surface area contributed by atoms with E-state index in [4.69, 9.17) is 4.74 Å². The number of ether oxygens (including phenoxy) is 1. The van der Waals surface area contributed by atoms with Crippen LogP contribution in [-0.2, 0) is 14.3 Å². The highest BCUT2D eigenvalue weighted by atomic mass is 32.2. The van der Waals surface area contributed by atoms with Gasteiger partial charge in [-0.25, -0.2) is 0 Å². The highest BCUT2D eigenvalue weighted by Crippen LogP contribution is 2.47. The molecule has 1 saturated heterocycles. The van der Waals surface area contributed by atoms with Crippen LogP contribution in [0.15, 0.2) is 58.3 Å². The van der Waals surface area contributed by atoms with Crippen LogP contribution in [0.25, 0.3) is 0 Å². The fourth-order valence-electron chi connectivity index (χ4n) is 3.67. The lowest BCUT2D eigenvalue weighted by Crippen LogP contribution is -2.41. The molecule has 0 unspecified atom stereocenters. The molecule has 0 aromatic heterocycles. The molecule has 1 fully saturated rings. The largest absolute Gasteiger partial charge is 0.378 e. The fourth-order valence-corrected chi connectivity index (χ4v) is 5.52. The Balaban J connectivity index is 1.20. The second kappa shape index (κ2) is 10.9. The molecule has 6 nitrogen and oxygen atoms in total. The Bertz CT molecular complexity index is 873. The zero-order chi connectivity index (χ0) is 21.5. The molecular weight excluding hydrogens is 430 g/mol. The SMILES string of the molecule is O=C(CSCC(=O)N1CCOCC1)NCCCN1c2ccccc2Sc2ccccc21. The zero-order valence-corrected chi connectivity index (χ0v) is 19.1. The summed E-state index contributed by atoms with van der Waals surface area (Å²) in [5.41, 5.74) is 2.43. The van der Waals surface area contributed by atoms with Gasteiger partial charge in [0.2, 0.25) is 11.8 Å². The molecule has 0 bridgehead atoms. The Morgan fingerprint density at radius 1 is 0.968 bits per heavy atom. The zero-order valence-electron chi connectivity index (χ0n) is 17.4. The molecule has 4 rings (SSSR count). The molecule has 0 radical (unpaired) electrons. The van der Waals surface area contributed by atoms with Gasteiger partial charge >= 0.3 is 0 Å². The Morgan fingerprint density at radius 2 is 1.61 bits per heavy atom. The topological polar surface area (TPSA) is 61.9 Å². The van der Waals surface area contributed by atoms with Crippen LogP contribution in [-0.4, -0.2) is 67.6 Å². The second-order valence-electron chi connectivity index (χ2n) is 7.38. The molecule has 2 aromatic rings. The van der Waals surface area contributed by atoms with E-state index in [1.165, 1.54) is 32.9 Å². The number of morpholine rings is 1. The monoisotopic (exact) mass is 457 g/mol. The summed E-state index contributed by atoms with van der Waals surface area (Å²) in [7, 11) is 0. The summed E-state index contributed by atoms with van der Waals surface area (Å²) >= 11 is 3.17. The molecule has 0 spiro atoms. The van der Waals surface area contributed by atoms with Crippen LogP contribution in [0, 0.1) is 0 Å². The number of para-hydroxylation sites is 2. The highest BCUT2D eigenvalue weighted by Gasteiger charge is 2.22. The van der Waals surface area contributed by atoms with E-state index in [1.54, 1.807) is 16.7 Å². The first-order valence-corrected chi connectivity index (χ1v) is 12.5. The van der Waals surface area contributed by atoms with Gasteiger partial charge in [0, 0.05) is 36.0 Å². The number of rotatable bonds is 8. The number of carbonyl (C=O) groups excluding carboxylic acids is 2. The normalized spacial score (nSPS) is 15.2. The summed E-state index contributed by atoms with van der Waals surface area (Å²) in [4.78, 5) is 30.9. The van der Waals surface area contributed by atoms with Crippen molar-refractivity contribution < 1.29 is 14.3 Å². The van der Waals surface area contributed by atoms with Gasteiger partial charge in [0.25, 0.3) is 0 Å². The fraction of sp³-hybridized carbons (Fsp3) is 0.391. The van der Waals surface area contributed by atoms with Crippen molar-refractivity contribution >= 4 is 46.7 Å². The highest BCUT2D eigenvalue weighted by molar-refractivity contribution is 8.00. The molecule has 2 aromatic carbocycles. The molecule has 2 aliphatic heterocycles. The number of hydrogen-bond acceptors (Lipinski definition) is 6. The first-order chi connectivity index (χ1) is 15.2. The van der Waals surface area contributed by atoms with Gasteiger partial charge in [-0.15, -0.1) is 11.8 Å². The van der Waals surface area contributed by atoms with Gasteiger partial charge in [-0.1, -0.05) is 36.0 Å². The Kier molecular flexibility index (Phi) is 7.77. The van der Waals surface area contributed by atoms with Crippen molar-refractivity contribution in [2.45, 2.75) is 16.2 Å². The maximum Gasteiger partial charge on any atom is 0.232 e. The van der Waals surface area contributed by atoms with Gasteiger partial charge in [-0.2, -0.15) is 0 Å². The summed E-state index contributed by atoms with van der Waals surface area (Å²) in [5.74, 6) is 0.713. The number of nitrogens with zero attached hydrogens (tertiary/aromatic N) is 2. The summed E-state index contributed by atoms with van der Waals surface area (Å²) in [6.07, 6.45) is 0.844. The molecule has 0 aliphatic carbocycles. The predicted molar refractivity (Wildman–Crippen MR) is 126 cm³/mol. The Morgan fingerprint density at radius 3 is 2.29 bits per heavy atom. The maximum absolute atomic E-state index is 12.2. The van der Waals surface area contributed by atoms with E-state index in [1.807, 2.05) is 0 Å². The number of anilines is 2. The van der Waals surface area contributed by atoms with Gasteiger partial charge in [0.1, 0.15) is 0 Å². The van der Waals surface area contributed by atoms with Crippen molar-refractivity contribution in [2.75, 3.05) is 55.8 Å². The van der Waals surface area contributed by atoms with Crippen LogP contribution in [0.2, 0.25) is 0 Å². The quantitative estimate of drug-likeness (QED) is 0.613. The van der Waals surface area contributed by atoms with E-state index in [2.05, 4.69) is 58.7 Å². The summed E-state index contributed by atoms with van der Waals surface area (Å²) in [6, 6.07) is 16.9. The first-order valence-electron chi connectivity index (χ1n) is 10.6. The summed E-state index contributed by atoms with van der Waals surface area (Å²) in [6.45, 7) is 3.94. The van der Waals surface area contributed by atoms with E-state index in [0.29, 0.717) is 44.4 Å². The minimum absolute atomic E-state index is 0.0187. The standard InChI is InChI=1S/C23H27N3O3S2/c27-22(16-30-17-23(28)25-12-14-29-15-13-25)24-10-5-11-26-18-6-1-3-8-20(18)31-21-9-4-2-7-19(21)26/h1-4,6-9H,5,10-17H2,(H,24,27). The van der Waals surface area contributed by atoms with Crippen LogP contribution in [0.1, 0.15) is 6.42 Å². The Labute approximate surface area is 191 Å². The molecule has 164 valence electrons. The average molecular weight is 458 g/mol. The van der Waals surface area contributed by atoms with Crippen molar-refractivity contribution in [3.8, 4) is 0 Å². The van der Waals surface area contributed by atoms with E-state index in [0.717, 1.165) is 13.0 Å². The number of hydrogen-bond donors (Lipinski definition) is 1. The van der Waals surface area contributed by atoms with Crippen LogP contribution in [0.4, 0.5) is 11.4 Å². The lowest BCUT2D eigenvalue weighted by molar-refractivity contribution is -0.132. The predicted octanol–water partition coefficient (Wildman–Crippen LogP) is 3.39. The van der Waals surface area contributed by atoms with E-state index in [-0.39, 0.29) is 11.8 Å². The van der Waals surface area contributed by atoms with Crippen LogP contribution >= 0.6 is 23.5 Å². The van der Waals surface area contributed by atoms with Crippen molar-refractivity contribution in [3.63, 3.8) is 0 Å². The molecular formula is C23H27N3O3S2. The van der Waals surface area contributed by atoms with Crippen LogP contribution < -0.4 is 10.2 Å². The minimum Gasteiger partial charge on any atom is -0.378 e. The number of fused-ring (bicyclic) bond motifs is 2. The van der Waals surface area contributed by atoms with Crippen molar-refractivity contribution in [2.24, 2.45) is 0 Å². The number of amides is 2. The third-order valence-corrected chi connectivity index (χ3v) is 7.28. The molecule has 8 heteroatoms. The van der Waals surface area contributed by atoms with Crippen molar-refractivity contribution in [1.29, 1.82) is 0 Å². The molecule has 0 saturated carbocycles. The minimum atomic E-state index is -0.0187. The van der Waals surface area contributed by atoms with Gasteiger partial charge < -0.3 is 19.9 Å². The number of carbonyl (C=O) groups is 2. The van der Waals surface area contributed by atoms with E-state index < -0.39 is 0 Å². The summed E-state index contributed by atoms with van der Waals surface area (Å²) < 4.78 is 5.26. The number of nitrogens with one attached hydrogen (secondary N) is 1. The van der Waals surface area contributed by atoms with Gasteiger partial charge in [-0.3, -0.25) is 9.59 Å². The number of benzene rings is 2. The third-order valence-electron chi connectivity index (χ3n) is 5.24. The van der Waals surface area contributed by atoms with Gasteiger partial charge in [0.05, 0.1) is 36.1 Å².